The zero-order valence-electron chi connectivity index (χ0n) is 5.37. The fraction of sp³-hybridized carbons (Fsp3) is 0.167. The largest absolute Gasteiger partial charge is 0.297 e. The zero-order chi connectivity index (χ0) is 7.78. The maximum Gasteiger partial charge on any atom is 0.205 e. The van der Waals surface area contributed by atoms with Gasteiger partial charge in [-0.15, -0.1) is 0 Å². The van der Waals surface area contributed by atoms with Crippen LogP contribution in [-0.2, 0) is 14.6 Å². The predicted octanol–water partition coefficient (Wildman–Crippen LogP) is 0.401. The molecule has 0 unspecified atom stereocenters. The molecular formula is C6H6O3S. The molecule has 0 fully saturated rings. The first kappa shape index (κ1) is 7.21. The summed E-state index contributed by atoms with van der Waals surface area (Å²) < 4.78 is 21.9. The molecule has 1 heterocycles. The van der Waals surface area contributed by atoms with Crippen molar-refractivity contribution in [3.63, 3.8) is 0 Å². The smallest absolute Gasteiger partial charge is 0.205 e. The first-order valence-corrected chi connectivity index (χ1v) is 4.16. The number of sulfone groups is 1. The molecule has 1 aliphatic rings. The van der Waals surface area contributed by atoms with E-state index in [-0.39, 0.29) is 9.81 Å². The Morgan fingerprint density at radius 1 is 1.40 bits per heavy atom. The average molecular weight is 158 g/mol. The summed E-state index contributed by atoms with van der Waals surface area (Å²) in [7, 11) is -3.36. The Hall–Kier alpha value is -0.900. The van der Waals surface area contributed by atoms with Gasteiger partial charge in [-0.1, -0.05) is 0 Å². The third-order valence-corrected chi connectivity index (χ3v) is 3.17. The minimum atomic E-state index is -3.36. The molecule has 0 aromatic rings. The lowest BCUT2D eigenvalue weighted by molar-refractivity contribution is -0.104. The van der Waals surface area contributed by atoms with Crippen molar-refractivity contribution >= 4 is 16.1 Å². The van der Waals surface area contributed by atoms with Crippen LogP contribution in [0, 0.1) is 0 Å². The van der Waals surface area contributed by atoms with Crippen molar-refractivity contribution in [2.45, 2.75) is 6.92 Å². The van der Waals surface area contributed by atoms with Crippen LogP contribution >= 0.6 is 0 Å². The van der Waals surface area contributed by atoms with Crippen molar-refractivity contribution in [1.82, 2.24) is 0 Å². The molecule has 0 bridgehead atoms. The van der Waals surface area contributed by atoms with Gasteiger partial charge in [0.25, 0.3) is 0 Å². The van der Waals surface area contributed by atoms with Crippen LogP contribution in [0.1, 0.15) is 6.92 Å². The molecule has 3 nitrogen and oxygen atoms in total. The first-order valence-electron chi connectivity index (χ1n) is 2.68. The van der Waals surface area contributed by atoms with Crippen molar-refractivity contribution < 1.29 is 13.2 Å². The second kappa shape index (κ2) is 2.05. The van der Waals surface area contributed by atoms with E-state index >= 15 is 0 Å². The Morgan fingerprint density at radius 3 is 2.20 bits per heavy atom. The van der Waals surface area contributed by atoms with Crippen LogP contribution in [-0.4, -0.2) is 14.7 Å². The summed E-state index contributed by atoms with van der Waals surface area (Å²) in [5, 5.41) is 0. The molecule has 10 heavy (non-hydrogen) atoms. The van der Waals surface area contributed by atoms with Gasteiger partial charge in [-0.05, 0) is 19.1 Å². The minimum absolute atomic E-state index is 0.148. The standard InChI is InChI=1S/C6H6O3S/c1-5-2-3-6(4-7)10(5,8)9/h2-4H,1H3. The van der Waals surface area contributed by atoms with Gasteiger partial charge in [0.2, 0.25) is 9.84 Å². The second-order valence-electron chi connectivity index (χ2n) is 1.97. The number of carbonyl (C=O) groups excluding carboxylic acids is 1. The Labute approximate surface area is 59.0 Å². The lowest BCUT2D eigenvalue weighted by Gasteiger charge is -1.93. The molecule has 1 rings (SSSR count). The van der Waals surface area contributed by atoms with Crippen molar-refractivity contribution in [2.75, 3.05) is 0 Å². The van der Waals surface area contributed by atoms with Gasteiger partial charge in [0.1, 0.15) is 4.91 Å². The quantitative estimate of drug-likeness (QED) is 0.519. The molecule has 1 aliphatic heterocycles. The van der Waals surface area contributed by atoms with Crippen LogP contribution in [0.4, 0.5) is 0 Å². The molecule has 0 aromatic heterocycles. The lowest BCUT2D eigenvalue weighted by atomic mass is 10.5. The van der Waals surface area contributed by atoms with Gasteiger partial charge in [-0.3, -0.25) is 4.79 Å². The van der Waals surface area contributed by atoms with E-state index in [1.807, 2.05) is 0 Å². The highest BCUT2D eigenvalue weighted by Crippen LogP contribution is 2.21. The monoisotopic (exact) mass is 158 g/mol. The van der Waals surface area contributed by atoms with E-state index in [0.717, 1.165) is 0 Å². The van der Waals surface area contributed by atoms with E-state index in [0.29, 0.717) is 6.29 Å². The summed E-state index contributed by atoms with van der Waals surface area (Å²) >= 11 is 0. The van der Waals surface area contributed by atoms with Gasteiger partial charge < -0.3 is 0 Å². The van der Waals surface area contributed by atoms with Gasteiger partial charge in [0.15, 0.2) is 6.29 Å². The molecule has 0 aromatic carbocycles. The number of hydrogen-bond acceptors (Lipinski definition) is 3. The lowest BCUT2D eigenvalue weighted by Crippen LogP contribution is -2.01. The summed E-state index contributed by atoms with van der Waals surface area (Å²) in [6, 6.07) is 0. The van der Waals surface area contributed by atoms with Crippen LogP contribution in [0.5, 0.6) is 0 Å². The number of rotatable bonds is 1. The summed E-state index contributed by atoms with van der Waals surface area (Å²) in [5.41, 5.74) is 0. The highest BCUT2D eigenvalue weighted by atomic mass is 32.2. The van der Waals surface area contributed by atoms with Crippen LogP contribution < -0.4 is 0 Å². The molecule has 0 saturated heterocycles. The van der Waals surface area contributed by atoms with Gasteiger partial charge in [0, 0.05) is 4.91 Å². The van der Waals surface area contributed by atoms with Crippen molar-refractivity contribution in [3.8, 4) is 0 Å². The molecule has 0 spiro atoms. The van der Waals surface area contributed by atoms with Crippen molar-refractivity contribution in [2.24, 2.45) is 0 Å². The highest BCUT2D eigenvalue weighted by molar-refractivity contribution is 8.00. The minimum Gasteiger partial charge on any atom is -0.297 e. The summed E-state index contributed by atoms with van der Waals surface area (Å²) in [5.74, 6) is 0. The molecule has 54 valence electrons. The van der Waals surface area contributed by atoms with E-state index < -0.39 is 9.84 Å². The number of carbonyl (C=O) groups is 1. The third kappa shape index (κ3) is 0.806. The SMILES string of the molecule is CC1=CC=C(C=O)S1(=O)=O. The van der Waals surface area contributed by atoms with Gasteiger partial charge in [0.05, 0.1) is 0 Å². The molecule has 4 heteroatoms. The maximum atomic E-state index is 11.0. The van der Waals surface area contributed by atoms with E-state index in [2.05, 4.69) is 0 Å². The molecule has 0 amide bonds. The summed E-state index contributed by atoms with van der Waals surface area (Å²) in [4.78, 5) is 10.2. The first-order chi connectivity index (χ1) is 4.59. The van der Waals surface area contributed by atoms with E-state index in [9.17, 15) is 13.2 Å². The molecule has 0 atom stereocenters. The maximum absolute atomic E-state index is 11.0. The summed E-state index contributed by atoms with van der Waals surface area (Å²) in [6.07, 6.45) is 3.07. The molecular weight excluding hydrogens is 152 g/mol. The van der Waals surface area contributed by atoms with Crippen LogP contribution in [0.3, 0.4) is 0 Å². The Bertz CT molecular complexity index is 319. The van der Waals surface area contributed by atoms with Crippen LogP contribution in [0.25, 0.3) is 0 Å². The fourth-order valence-corrected chi connectivity index (χ4v) is 1.66. The highest BCUT2D eigenvalue weighted by Gasteiger charge is 2.22. The Balaban J connectivity index is 3.26. The van der Waals surface area contributed by atoms with Crippen molar-refractivity contribution in [1.29, 1.82) is 0 Å². The normalized spacial score (nSPS) is 21.7. The average Bonchev–Trinajstić information content (AvgIpc) is 2.10. The van der Waals surface area contributed by atoms with Crippen LogP contribution in [0.15, 0.2) is 22.0 Å². The third-order valence-electron chi connectivity index (χ3n) is 1.33. The topological polar surface area (TPSA) is 51.2 Å². The number of hydrogen-bond donors (Lipinski definition) is 0. The molecule has 0 N–H and O–H groups in total. The van der Waals surface area contributed by atoms with Gasteiger partial charge in [-0.2, -0.15) is 0 Å². The van der Waals surface area contributed by atoms with Crippen molar-refractivity contribution in [3.05, 3.63) is 22.0 Å². The second-order valence-corrected chi connectivity index (χ2v) is 4.09. The van der Waals surface area contributed by atoms with E-state index in [1.54, 1.807) is 0 Å². The number of aldehydes is 1. The van der Waals surface area contributed by atoms with Gasteiger partial charge in [-0.25, -0.2) is 8.42 Å². The number of allylic oxidation sites excluding steroid dienone is 4. The van der Waals surface area contributed by atoms with E-state index in [1.165, 1.54) is 19.1 Å². The zero-order valence-corrected chi connectivity index (χ0v) is 6.18. The Kier molecular flexibility index (Phi) is 1.48. The van der Waals surface area contributed by atoms with Crippen LogP contribution in [0.2, 0.25) is 0 Å². The molecule has 0 radical (unpaired) electrons. The van der Waals surface area contributed by atoms with Gasteiger partial charge >= 0.3 is 0 Å². The molecule has 0 saturated carbocycles. The fourth-order valence-electron chi connectivity index (χ4n) is 0.667. The summed E-state index contributed by atoms with van der Waals surface area (Å²) in [6.45, 7) is 1.46. The Morgan fingerprint density at radius 2 is 2.00 bits per heavy atom. The predicted molar refractivity (Wildman–Crippen MR) is 36.8 cm³/mol. The van der Waals surface area contributed by atoms with E-state index in [4.69, 9.17) is 0 Å². The molecule has 0 aliphatic carbocycles.